The normalized spacial score (nSPS) is 18.8. The van der Waals surface area contributed by atoms with Gasteiger partial charge in [-0.2, -0.15) is 0 Å². The minimum Gasteiger partial charge on any atom is -0.350 e. The monoisotopic (exact) mass is 516 g/mol. The molecule has 0 bridgehead atoms. The van der Waals surface area contributed by atoms with Crippen LogP contribution in [0.15, 0.2) is 54.7 Å². The first-order chi connectivity index (χ1) is 17.4. The lowest BCUT2D eigenvalue weighted by Crippen LogP contribution is -2.35. The number of nitrogens with two attached hydrogens (primary N) is 1. The highest BCUT2D eigenvalue weighted by Gasteiger charge is 2.38. The first-order valence-electron chi connectivity index (χ1n) is 12.9. The summed E-state index contributed by atoms with van der Waals surface area (Å²) in [6, 6.07) is 16.4. The number of benzene rings is 2. The lowest BCUT2D eigenvalue weighted by Gasteiger charge is -2.25. The van der Waals surface area contributed by atoms with Crippen molar-refractivity contribution < 1.29 is 9.59 Å². The van der Waals surface area contributed by atoms with Crippen LogP contribution in [0.4, 0.5) is 0 Å². The molecule has 2 aromatic carbocycles. The van der Waals surface area contributed by atoms with Crippen molar-refractivity contribution in [3.8, 4) is 0 Å². The summed E-state index contributed by atoms with van der Waals surface area (Å²) in [5, 5.41) is 4.61. The number of imide groups is 1. The Kier molecular flexibility index (Phi) is 6.50. The average molecular weight is 517 g/mol. The molecule has 2 aromatic heterocycles. The minimum atomic E-state index is -0.330. The minimum absolute atomic E-state index is 0. The van der Waals surface area contributed by atoms with Crippen LogP contribution in [0.3, 0.4) is 0 Å². The molecule has 2 aliphatic rings. The van der Waals surface area contributed by atoms with Crippen LogP contribution in [0.5, 0.6) is 0 Å². The van der Waals surface area contributed by atoms with Gasteiger partial charge >= 0.3 is 0 Å². The fourth-order valence-electron chi connectivity index (χ4n) is 6.33. The second kappa shape index (κ2) is 9.51. The van der Waals surface area contributed by atoms with Gasteiger partial charge in [0, 0.05) is 64.5 Å². The van der Waals surface area contributed by atoms with Gasteiger partial charge in [-0.15, -0.1) is 12.4 Å². The maximum absolute atomic E-state index is 13.5. The topological polar surface area (TPSA) is 82.1 Å². The maximum atomic E-state index is 13.5. The Bertz CT molecular complexity index is 1580. The van der Waals surface area contributed by atoms with Gasteiger partial charge in [0.05, 0.1) is 11.1 Å². The molecule has 0 saturated heterocycles. The summed E-state index contributed by atoms with van der Waals surface area (Å²) in [7, 11) is 1.97. The highest BCUT2D eigenvalue weighted by Crippen LogP contribution is 2.42. The van der Waals surface area contributed by atoms with E-state index in [2.05, 4.69) is 35.9 Å². The van der Waals surface area contributed by atoms with Gasteiger partial charge in [0.25, 0.3) is 11.8 Å². The van der Waals surface area contributed by atoms with Crippen LogP contribution in [-0.4, -0.2) is 27.0 Å². The number of aromatic nitrogens is 2. The molecule has 2 amide bonds. The summed E-state index contributed by atoms with van der Waals surface area (Å²) in [5.41, 5.74) is 12.5. The second-order valence-electron chi connectivity index (χ2n) is 10.6. The number of hydrogen-bond acceptors (Lipinski definition) is 3. The smallest absolute Gasteiger partial charge is 0.259 e. The Labute approximate surface area is 222 Å². The highest BCUT2D eigenvalue weighted by molar-refractivity contribution is 6.51. The molecule has 3 N–H and O–H groups in total. The number of nitrogens with zero attached hydrogens (tertiary/aromatic N) is 2. The Morgan fingerprint density at radius 1 is 0.919 bits per heavy atom. The number of halogens is 1. The molecular weight excluding hydrogens is 484 g/mol. The van der Waals surface area contributed by atoms with Crippen LogP contribution in [-0.2, 0) is 29.6 Å². The van der Waals surface area contributed by atoms with E-state index in [9.17, 15) is 9.59 Å². The third kappa shape index (κ3) is 3.90. The zero-order valence-electron chi connectivity index (χ0n) is 21.5. The summed E-state index contributed by atoms with van der Waals surface area (Å²) in [6.45, 7) is 5.23. The third-order valence-electron chi connectivity index (χ3n) is 8.22. The van der Waals surface area contributed by atoms with Gasteiger partial charge in [0.2, 0.25) is 0 Å². The van der Waals surface area contributed by atoms with Crippen molar-refractivity contribution in [2.45, 2.75) is 45.7 Å². The van der Waals surface area contributed by atoms with E-state index >= 15 is 0 Å². The quantitative estimate of drug-likeness (QED) is 0.372. The molecule has 2 aliphatic heterocycles. The van der Waals surface area contributed by atoms with Crippen molar-refractivity contribution in [3.05, 3.63) is 71.5 Å². The molecular formula is C30H33ClN4O2. The Morgan fingerprint density at radius 3 is 2.30 bits per heavy atom. The SMILES string of the molecule is CC(C)C(N)C1CCc2c(C3=C(c4cn(C)c5ccccc45)C(=O)NC3=O)c3ccccc3n2CC1.Cl. The third-order valence-corrected chi connectivity index (χ3v) is 8.22. The molecule has 0 fully saturated rings. The van der Waals surface area contributed by atoms with E-state index in [1.165, 1.54) is 0 Å². The number of rotatable bonds is 4. The number of hydrogen-bond donors (Lipinski definition) is 2. The molecule has 6 nitrogen and oxygen atoms in total. The predicted octanol–water partition coefficient (Wildman–Crippen LogP) is 5.06. The van der Waals surface area contributed by atoms with E-state index in [1.807, 2.05) is 54.2 Å². The number of amides is 2. The van der Waals surface area contributed by atoms with Crippen LogP contribution >= 0.6 is 12.4 Å². The van der Waals surface area contributed by atoms with Gasteiger partial charge in [-0.3, -0.25) is 14.9 Å². The molecule has 0 saturated carbocycles. The van der Waals surface area contributed by atoms with Crippen LogP contribution in [0, 0.1) is 11.8 Å². The largest absolute Gasteiger partial charge is 0.350 e. The molecule has 4 aromatic rings. The lowest BCUT2D eigenvalue weighted by atomic mass is 9.85. The zero-order chi connectivity index (χ0) is 25.1. The maximum Gasteiger partial charge on any atom is 0.259 e. The van der Waals surface area contributed by atoms with Crippen molar-refractivity contribution in [3.63, 3.8) is 0 Å². The molecule has 2 unspecified atom stereocenters. The highest BCUT2D eigenvalue weighted by atomic mass is 35.5. The fourth-order valence-corrected chi connectivity index (χ4v) is 6.33. The summed E-state index contributed by atoms with van der Waals surface area (Å²) < 4.78 is 4.38. The van der Waals surface area contributed by atoms with Crippen LogP contribution < -0.4 is 11.1 Å². The first-order valence-corrected chi connectivity index (χ1v) is 12.9. The van der Waals surface area contributed by atoms with Crippen LogP contribution in [0.2, 0.25) is 0 Å². The number of aryl methyl sites for hydroxylation is 2. The summed E-state index contributed by atoms with van der Waals surface area (Å²) in [6.07, 6.45) is 4.76. The molecule has 0 spiro atoms. The summed E-state index contributed by atoms with van der Waals surface area (Å²) in [4.78, 5) is 26.8. The van der Waals surface area contributed by atoms with E-state index in [-0.39, 0.29) is 30.3 Å². The van der Waals surface area contributed by atoms with Crippen LogP contribution in [0.1, 0.15) is 43.5 Å². The molecule has 2 atom stereocenters. The molecule has 4 heterocycles. The van der Waals surface area contributed by atoms with Gasteiger partial charge in [0.1, 0.15) is 0 Å². The van der Waals surface area contributed by atoms with E-state index < -0.39 is 0 Å². The number of para-hydroxylation sites is 2. The molecule has 192 valence electrons. The Morgan fingerprint density at radius 2 is 1.57 bits per heavy atom. The number of carbonyl (C=O) groups excluding carboxylic acids is 2. The Balaban J connectivity index is 0.00000280. The van der Waals surface area contributed by atoms with Crippen molar-refractivity contribution in [1.82, 2.24) is 14.5 Å². The predicted molar refractivity (Wildman–Crippen MR) is 151 cm³/mol. The van der Waals surface area contributed by atoms with Gasteiger partial charge in [-0.25, -0.2) is 0 Å². The van der Waals surface area contributed by atoms with E-state index in [0.717, 1.165) is 64.4 Å². The van der Waals surface area contributed by atoms with Gasteiger partial charge < -0.3 is 14.9 Å². The van der Waals surface area contributed by atoms with Gasteiger partial charge in [0.15, 0.2) is 0 Å². The second-order valence-corrected chi connectivity index (χ2v) is 10.6. The van der Waals surface area contributed by atoms with Crippen molar-refractivity contribution >= 4 is 57.2 Å². The standard InChI is InChI=1S/C30H32N4O2.ClH/c1-17(2)28(31)18-12-13-24-25(20-9-5-7-11-23(20)34(24)15-14-18)27-26(29(35)32-30(27)36)21-16-33(3)22-10-6-4-8-19(21)22;/h4-11,16-18,28H,12-15,31H2,1-3H3,(H,32,35,36);1H. The Hall–Kier alpha value is -3.35. The van der Waals surface area contributed by atoms with Crippen molar-refractivity contribution in [2.24, 2.45) is 24.6 Å². The van der Waals surface area contributed by atoms with Crippen LogP contribution in [0.25, 0.3) is 33.0 Å². The van der Waals surface area contributed by atoms with Gasteiger partial charge in [-0.05, 0) is 43.2 Å². The number of nitrogens with one attached hydrogen (secondary N) is 1. The molecule has 6 rings (SSSR count). The number of carbonyl (C=O) groups is 2. The molecule has 37 heavy (non-hydrogen) atoms. The summed E-state index contributed by atoms with van der Waals surface area (Å²) >= 11 is 0. The fraction of sp³-hybridized carbons (Fsp3) is 0.333. The lowest BCUT2D eigenvalue weighted by molar-refractivity contribution is -0.122. The molecule has 0 aliphatic carbocycles. The van der Waals surface area contributed by atoms with E-state index in [0.29, 0.717) is 23.0 Å². The van der Waals surface area contributed by atoms with E-state index in [4.69, 9.17) is 5.73 Å². The van der Waals surface area contributed by atoms with E-state index in [1.54, 1.807) is 0 Å². The molecule has 0 radical (unpaired) electrons. The molecule has 7 heteroatoms. The zero-order valence-corrected chi connectivity index (χ0v) is 22.3. The summed E-state index contributed by atoms with van der Waals surface area (Å²) in [5.74, 6) is 0.190. The average Bonchev–Trinajstić information content (AvgIpc) is 3.39. The van der Waals surface area contributed by atoms with Crippen molar-refractivity contribution in [2.75, 3.05) is 0 Å². The first kappa shape index (κ1) is 25.3. The van der Waals surface area contributed by atoms with Crippen molar-refractivity contribution in [1.29, 1.82) is 0 Å². The van der Waals surface area contributed by atoms with Gasteiger partial charge in [-0.1, -0.05) is 50.2 Å². The number of fused-ring (bicyclic) bond motifs is 4.